The smallest absolute Gasteiger partial charge is 0.209 e. The molecule has 0 bridgehead atoms. The number of hydrogen-bond donors (Lipinski definition) is 0. The van der Waals surface area contributed by atoms with E-state index in [1.165, 1.54) is 12.1 Å². The van der Waals surface area contributed by atoms with E-state index in [4.69, 9.17) is 23.2 Å². The van der Waals surface area contributed by atoms with Crippen molar-refractivity contribution in [2.75, 3.05) is 0 Å². The van der Waals surface area contributed by atoms with E-state index < -0.39 is 9.84 Å². The molecule has 2 nitrogen and oxygen atoms in total. The van der Waals surface area contributed by atoms with Crippen molar-refractivity contribution in [1.82, 2.24) is 0 Å². The van der Waals surface area contributed by atoms with Crippen LogP contribution in [0.25, 0.3) is 0 Å². The Balaban J connectivity index is 2.75. The number of benzene rings is 2. The van der Waals surface area contributed by atoms with Gasteiger partial charge < -0.3 is 0 Å². The molecule has 2 aromatic rings. The van der Waals surface area contributed by atoms with E-state index in [0.717, 1.165) is 22.3 Å². The van der Waals surface area contributed by atoms with E-state index in [1.54, 1.807) is 26.0 Å². The maximum atomic E-state index is 12.8. The van der Waals surface area contributed by atoms with Gasteiger partial charge in [-0.1, -0.05) is 35.3 Å². The predicted octanol–water partition coefficient (Wildman–Crippen LogP) is 5.06. The van der Waals surface area contributed by atoms with Crippen LogP contribution in [0, 0.1) is 27.7 Å². The molecule has 2 aromatic carbocycles. The Labute approximate surface area is 135 Å². The van der Waals surface area contributed by atoms with Crippen molar-refractivity contribution in [1.29, 1.82) is 0 Å². The number of halogens is 2. The molecule has 0 unspecified atom stereocenters. The third-order valence-corrected chi connectivity index (χ3v) is 6.86. The molecule has 0 heterocycles. The van der Waals surface area contributed by atoms with Gasteiger partial charge in [0.1, 0.15) is 0 Å². The third kappa shape index (κ3) is 2.70. The number of hydrogen-bond acceptors (Lipinski definition) is 2. The summed E-state index contributed by atoms with van der Waals surface area (Å²) >= 11 is 12.5. The fraction of sp³-hybridized carbons (Fsp3) is 0.250. The highest BCUT2D eigenvalue weighted by Gasteiger charge is 2.25. The first-order valence-corrected chi connectivity index (χ1v) is 8.68. The van der Waals surface area contributed by atoms with Crippen LogP contribution in [-0.4, -0.2) is 8.42 Å². The van der Waals surface area contributed by atoms with E-state index in [1.807, 2.05) is 13.8 Å². The first kappa shape index (κ1) is 16.3. The van der Waals surface area contributed by atoms with Crippen molar-refractivity contribution >= 4 is 33.0 Å². The lowest BCUT2D eigenvalue weighted by Gasteiger charge is -2.13. The van der Waals surface area contributed by atoms with Crippen molar-refractivity contribution in [3.05, 3.63) is 56.6 Å². The lowest BCUT2D eigenvalue weighted by molar-refractivity contribution is 0.596. The van der Waals surface area contributed by atoms with Crippen LogP contribution >= 0.6 is 23.2 Å². The summed E-state index contributed by atoms with van der Waals surface area (Å²) in [6, 6.07) is 6.57. The first-order valence-electron chi connectivity index (χ1n) is 6.44. The van der Waals surface area contributed by atoms with E-state index in [0.29, 0.717) is 0 Å². The Morgan fingerprint density at radius 1 is 0.714 bits per heavy atom. The van der Waals surface area contributed by atoms with Gasteiger partial charge in [-0.05, 0) is 62.1 Å². The van der Waals surface area contributed by atoms with Gasteiger partial charge in [-0.3, -0.25) is 0 Å². The quantitative estimate of drug-likeness (QED) is 0.764. The molecule has 0 saturated carbocycles. The summed E-state index contributed by atoms with van der Waals surface area (Å²) in [5.41, 5.74) is 3.42. The van der Waals surface area contributed by atoms with Crippen LogP contribution in [0.1, 0.15) is 22.3 Å². The summed E-state index contributed by atoms with van der Waals surface area (Å²) in [7, 11) is -3.74. The minimum atomic E-state index is -3.74. The Kier molecular flexibility index (Phi) is 4.39. The topological polar surface area (TPSA) is 34.1 Å². The average molecular weight is 343 g/mol. The van der Waals surface area contributed by atoms with Crippen molar-refractivity contribution in [2.24, 2.45) is 0 Å². The van der Waals surface area contributed by atoms with E-state index in [9.17, 15) is 8.42 Å². The zero-order valence-corrected chi connectivity index (χ0v) is 14.6. The fourth-order valence-corrected chi connectivity index (χ4v) is 4.59. The summed E-state index contributed by atoms with van der Waals surface area (Å²) in [5, 5.41) is 0.508. The minimum Gasteiger partial charge on any atom is -0.218 e. The molecule has 0 aliphatic rings. The summed E-state index contributed by atoms with van der Waals surface area (Å²) in [5.74, 6) is 0. The summed E-state index contributed by atoms with van der Waals surface area (Å²) < 4.78 is 25.7. The van der Waals surface area contributed by atoms with Gasteiger partial charge in [0.15, 0.2) is 0 Å². The molecule has 0 amide bonds. The van der Waals surface area contributed by atoms with Crippen LogP contribution in [0.3, 0.4) is 0 Å². The second kappa shape index (κ2) is 5.64. The van der Waals surface area contributed by atoms with Crippen LogP contribution in [0.5, 0.6) is 0 Å². The van der Waals surface area contributed by atoms with Crippen LogP contribution in [0.4, 0.5) is 0 Å². The van der Waals surface area contributed by atoms with Crippen LogP contribution in [0.15, 0.2) is 34.1 Å². The normalized spacial score (nSPS) is 11.7. The second-order valence-electron chi connectivity index (χ2n) is 5.14. The molecule has 0 N–H and O–H groups in total. The summed E-state index contributed by atoms with van der Waals surface area (Å²) in [4.78, 5) is 0.190. The third-order valence-electron chi connectivity index (χ3n) is 3.82. The standard InChI is InChI=1S/C16H16Cl2O2S/c1-9-5-7-13(15(17)11(9)3)21(19,20)14-8-6-10(2)12(4)16(14)18/h5-8H,1-4H3. The maximum absolute atomic E-state index is 12.8. The number of aryl methyl sites for hydroxylation is 2. The monoisotopic (exact) mass is 342 g/mol. The first-order chi connectivity index (χ1) is 9.67. The Hall–Kier alpha value is -1.03. The fourth-order valence-electron chi connectivity index (χ4n) is 2.05. The van der Waals surface area contributed by atoms with Gasteiger partial charge in [0.2, 0.25) is 9.84 Å². The molecule has 0 saturated heterocycles. The second-order valence-corrected chi connectivity index (χ2v) is 7.79. The molecule has 0 aromatic heterocycles. The van der Waals surface area contributed by atoms with Crippen molar-refractivity contribution < 1.29 is 8.42 Å². The zero-order chi connectivity index (χ0) is 15.9. The lowest BCUT2D eigenvalue weighted by atomic mass is 10.1. The minimum absolute atomic E-state index is 0.0948. The van der Waals surface area contributed by atoms with Gasteiger partial charge in [0.05, 0.1) is 19.8 Å². The highest BCUT2D eigenvalue weighted by Crippen LogP contribution is 2.36. The van der Waals surface area contributed by atoms with Gasteiger partial charge in [-0.25, -0.2) is 8.42 Å². The molecule has 0 fully saturated rings. The molecular weight excluding hydrogens is 327 g/mol. The largest absolute Gasteiger partial charge is 0.218 e. The SMILES string of the molecule is Cc1ccc(S(=O)(=O)c2ccc(C)c(C)c2Cl)c(Cl)c1C. The lowest BCUT2D eigenvalue weighted by Crippen LogP contribution is -2.06. The molecule has 21 heavy (non-hydrogen) atoms. The van der Waals surface area contributed by atoms with Crippen LogP contribution in [0.2, 0.25) is 10.0 Å². The van der Waals surface area contributed by atoms with E-state index in [-0.39, 0.29) is 19.8 Å². The summed E-state index contributed by atoms with van der Waals surface area (Å²) in [6.07, 6.45) is 0. The Bertz CT molecular complexity index is 761. The van der Waals surface area contributed by atoms with Gasteiger partial charge in [0, 0.05) is 0 Å². The molecule has 0 aliphatic heterocycles. The van der Waals surface area contributed by atoms with Gasteiger partial charge in [-0.2, -0.15) is 0 Å². The van der Waals surface area contributed by atoms with Crippen molar-refractivity contribution in [3.63, 3.8) is 0 Å². The Morgan fingerprint density at radius 2 is 1.05 bits per heavy atom. The van der Waals surface area contributed by atoms with Gasteiger partial charge in [-0.15, -0.1) is 0 Å². The average Bonchev–Trinajstić information content (AvgIpc) is 2.41. The van der Waals surface area contributed by atoms with Crippen LogP contribution < -0.4 is 0 Å². The predicted molar refractivity (Wildman–Crippen MR) is 87.3 cm³/mol. The highest BCUT2D eigenvalue weighted by atomic mass is 35.5. The van der Waals surface area contributed by atoms with Gasteiger partial charge in [0.25, 0.3) is 0 Å². The van der Waals surface area contributed by atoms with Crippen molar-refractivity contribution in [3.8, 4) is 0 Å². The van der Waals surface area contributed by atoms with Gasteiger partial charge >= 0.3 is 0 Å². The van der Waals surface area contributed by atoms with Crippen LogP contribution in [-0.2, 0) is 9.84 Å². The van der Waals surface area contributed by atoms with Crippen molar-refractivity contribution in [2.45, 2.75) is 37.5 Å². The Morgan fingerprint density at radius 3 is 1.38 bits per heavy atom. The maximum Gasteiger partial charge on any atom is 0.209 e. The highest BCUT2D eigenvalue weighted by molar-refractivity contribution is 7.91. The molecule has 0 spiro atoms. The molecule has 5 heteroatoms. The molecule has 0 atom stereocenters. The number of rotatable bonds is 2. The van der Waals surface area contributed by atoms with E-state index in [2.05, 4.69) is 0 Å². The number of sulfone groups is 1. The molecule has 0 aliphatic carbocycles. The zero-order valence-electron chi connectivity index (χ0n) is 12.3. The summed E-state index contributed by atoms with van der Waals surface area (Å²) in [6.45, 7) is 7.39. The van der Waals surface area contributed by atoms with E-state index >= 15 is 0 Å². The molecule has 2 rings (SSSR count). The molecule has 0 radical (unpaired) electrons. The molecular formula is C16H16Cl2O2S. The molecule has 112 valence electrons.